The normalized spacial score (nSPS) is 11.3. The lowest BCUT2D eigenvalue weighted by Gasteiger charge is -2.17. The van der Waals surface area contributed by atoms with E-state index >= 15 is 0 Å². The van der Waals surface area contributed by atoms with E-state index in [-0.39, 0.29) is 22.1 Å². The summed E-state index contributed by atoms with van der Waals surface area (Å²) in [6, 6.07) is 10.7. The van der Waals surface area contributed by atoms with E-state index in [0.717, 1.165) is 9.87 Å². The van der Waals surface area contributed by atoms with Gasteiger partial charge in [-0.15, -0.1) is 0 Å². The fourth-order valence-electron chi connectivity index (χ4n) is 2.35. The Hall–Kier alpha value is -2.42. The van der Waals surface area contributed by atoms with Crippen molar-refractivity contribution >= 4 is 39.2 Å². The van der Waals surface area contributed by atoms with Gasteiger partial charge in [0.1, 0.15) is 0 Å². The van der Waals surface area contributed by atoms with Crippen molar-refractivity contribution in [3.8, 4) is 0 Å². The van der Waals surface area contributed by atoms with Crippen LogP contribution in [0.4, 0.5) is 5.69 Å². The average Bonchev–Trinajstić information content (AvgIpc) is 2.63. The first-order valence-corrected chi connectivity index (χ1v) is 10.3. The van der Waals surface area contributed by atoms with Crippen molar-refractivity contribution in [2.75, 3.05) is 25.5 Å². The van der Waals surface area contributed by atoms with Crippen LogP contribution in [-0.2, 0) is 19.6 Å². The first kappa shape index (κ1) is 21.9. The second-order valence-electron chi connectivity index (χ2n) is 6.04. The Kier molecular flexibility index (Phi) is 7.17. The van der Waals surface area contributed by atoms with Crippen LogP contribution in [0, 0.1) is 6.92 Å². The summed E-state index contributed by atoms with van der Waals surface area (Å²) in [5, 5.41) is 2.75. The number of hydrogen-bond donors (Lipinski definition) is 1. The van der Waals surface area contributed by atoms with Gasteiger partial charge >= 0.3 is 5.97 Å². The van der Waals surface area contributed by atoms with E-state index in [0.29, 0.717) is 5.69 Å². The molecule has 0 aromatic heterocycles. The minimum atomic E-state index is -3.80. The minimum Gasteiger partial charge on any atom is -0.462 e. The molecule has 28 heavy (non-hydrogen) atoms. The van der Waals surface area contributed by atoms with Gasteiger partial charge in [0.05, 0.1) is 28.6 Å². The van der Waals surface area contributed by atoms with E-state index in [1.54, 1.807) is 19.1 Å². The number of carbonyl (C=O) groups is 2. The summed E-state index contributed by atoms with van der Waals surface area (Å²) in [5.74, 6) is -1.17. The molecule has 9 heteroatoms. The Bertz CT molecular complexity index is 974. The predicted octanol–water partition coefficient (Wildman–Crippen LogP) is 3.08. The van der Waals surface area contributed by atoms with E-state index < -0.39 is 28.4 Å². The smallest absolute Gasteiger partial charge is 0.339 e. The van der Waals surface area contributed by atoms with Crippen LogP contribution in [0.25, 0.3) is 0 Å². The van der Waals surface area contributed by atoms with Gasteiger partial charge in [-0.3, -0.25) is 4.79 Å². The second-order valence-corrected chi connectivity index (χ2v) is 8.49. The van der Waals surface area contributed by atoms with Crippen molar-refractivity contribution in [3.63, 3.8) is 0 Å². The van der Waals surface area contributed by atoms with Crippen LogP contribution in [0.2, 0.25) is 5.02 Å². The fourth-order valence-corrected chi connectivity index (χ4v) is 3.67. The number of benzene rings is 2. The van der Waals surface area contributed by atoms with Crippen LogP contribution in [0.5, 0.6) is 0 Å². The maximum atomic E-state index is 12.6. The lowest BCUT2D eigenvalue weighted by Crippen LogP contribution is -2.35. The SMILES string of the molecule is CCOC(=O)c1cc(NC(=O)CN(C)S(=O)(=O)c2ccc(C)cc2)ccc1Cl. The average molecular weight is 425 g/mol. The zero-order chi connectivity index (χ0) is 20.9. The third kappa shape index (κ3) is 5.31. The molecule has 0 atom stereocenters. The number of rotatable bonds is 7. The molecule has 150 valence electrons. The summed E-state index contributed by atoms with van der Waals surface area (Å²) in [6.45, 7) is 3.31. The van der Waals surface area contributed by atoms with Crippen molar-refractivity contribution in [2.24, 2.45) is 0 Å². The molecule has 0 heterocycles. The molecule has 0 aliphatic heterocycles. The van der Waals surface area contributed by atoms with Gasteiger partial charge in [-0.2, -0.15) is 4.31 Å². The van der Waals surface area contributed by atoms with E-state index in [4.69, 9.17) is 16.3 Å². The molecule has 1 N–H and O–H groups in total. The van der Waals surface area contributed by atoms with Crippen LogP contribution < -0.4 is 5.32 Å². The van der Waals surface area contributed by atoms with Crippen molar-refractivity contribution in [3.05, 3.63) is 58.6 Å². The maximum absolute atomic E-state index is 12.6. The molecule has 2 rings (SSSR count). The molecular formula is C19H21ClN2O5S. The van der Waals surface area contributed by atoms with Gasteiger partial charge in [0.15, 0.2) is 0 Å². The van der Waals surface area contributed by atoms with Gasteiger partial charge in [-0.05, 0) is 44.2 Å². The number of aryl methyl sites for hydroxylation is 1. The fraction of sp³-hybridized carbons (Fsp3) is 0.263. The molecule has 0 aliphatic carbocycles. The van der Waals surface area contributed by atoms with Crippen LogP contribution in [0.3, 0.4) is 0 Å². The Morgan fingerprint density at radius 1 is 1.14 bits per heavy atom. The highest BCUT2D eigenvalue weighted by molar-refractivity contribution is 7.89. The van der Waals surface area contributed by atoms with E-state index in [2.05, 4.69) is 5.32 Å². The van der Waals surface area contributed by atoms with Crippen LogP contribution in [-0.4, -0.2) is 44.8 Å². The Balaban J connectivity index is 2.10. The molecule has 0 unspecified atom stereocenters. The summed E-state index contributed by atoms with van der Waals surface area (Å²) in [7, 11) is -2.48. The van der Waals surface area contributed by atoms with Crippen LogP contribution >= 0.6 is 11.6 Å². The highest BCUT2D eigenvalue weighted by atomic mass is 35.5. The number of hydrogen-bond acceptors (Lipinski definition) is 5. The number of nitrogens with zero attached hydrogens (tertiary/aromatic N) is 1. The zero-order valence-electron chi connectivity index (χ0n) is 15.7. The number of anilines is 1. The summed E-state index contributed by atoms with van der Waals surface area (Å²) in [6.07, 6.45) is 0. The quantitative estimate of drug-likeness (QED) is 0.689. The monoisotopic (exact) mass is 424 g/mol. The van der Waals surface area contributed by atoms with Gasteiger partial charge in [-0.25, -0.2) is 13.2 Å². The maximum Gasteiger partial charge on any atom is 0.339 e. The molecule has 0 saturated heterocycles. The lowest BCUT2D eigenvalue weighted by molar-refractivity contribution is -0.116. The summed E-state index contributed by atoms with van der Waals surface area (Å²) >= 11 is 5.99. The summed E-state index contributed by atoms with van der Waals surface area (Å²) in [5.41, 5.74) is 1.35. The van der Waals surface area contributed by atoms with E-state index in [9.17, 15) is 18.0 Å². The van der Waals surface area contributed by atoms with Crippen molar-refractivity contribution < 1.29 is 22.7 Å². The number of amides is 1. The molecule has 0 fully saturated rings. The van der Waals surface area contributed by atoms with Crippen LogP contribution in [0.1, 0.15) is 22.8 Å². The molecular weight excluding hydrogens is 404 g/mol. The molecule has 7 nitrogen and oxygen atoms in total. The van der Waals surface area contributed by atoms with Crippen molar-refractivity contribution in [2.45, 2.75) is 18.7 Å². The summed E-state index contributed by atoms with van der Waals surface area (Å²) < 4.78 is 31.0. The first-order valence-electron chi connectivity index (χ1n) is 8.44. The number of nitrogens with one attached hydrogen (secondary N) is 1. The number of halogens is 1. The van der Waals surface area contributed by atoms with Crippen molar-refractivity contribution in [1.82, 2.24) is 4.31 Å². The predicted molar refractivity (Wildman–Crippen MR) is 107 cm³/mol. The zero-order valence-corrected chi connectivity index (χ0v) is 17.3. The number of ether oxygens (including phenoxy) is 1. The number of likely N-dealkylation sites (N-methyl/N-ethyl adjacent to an activating group) is 1. The number of esters is 1. The molecule has 0 saturated carbocycles. The van der Waals surface area contributed by atoms with Gasteiger partial charge in [0.25, 0.3) is 0 Å². The number of sulfonamides is 1. The third-order valence-corrected chi connectivity index (χ3v) is 5.99. The molecule has 2 aromatic rings. The molecule has 0 radical (unpaired) electrons. The van der Waals surface area contributed by atoms with Crippen LogP contribution in [0.15, 0.2) is 47.4 Å². The number of carbonyl (C=O) groups excluding carboxylic acids is 2. The first-order chi connectivity index (χ1) is 13.1. The molecule has 1 amide bonds. The van der Waals surface area contributed by atoms with Gasteiger partial charge in [0.2, 0.25) is 15.9 Å². The lowest BCUT2D eigenvalue weighted by atomic mass is 10.2. The standard InChI is InChI=1S/C19H21ClN2O5S/c1-4-27-19(24)16-11-14(7-10-17(16)20)21-18(23)12-22(3)28(25,26)15-8-5-13(2)6-9-15/h5-11H,4,12H2,1-3H3,(H,21,23). The van der Waals surface area contributed by atoms with E-state index in [1.807, 2.05) is 6.92 Å². The molecule has 0 aliphatic rings. The van der Waals surface area contributed by atoms with Gasteiger partial charge in [0, 0.05) is 12.7 Å². The van der Waals surface area contributed by atoms with Gasteiger partial charge in [-0.1, -0.05) is 29.3 Å². The Morgan fingerprint density at radius 3 is 2.39 bits per heavy atom. The second kappa shape index (κ2) is 9.18. The third-order valence-electron chi connectivity index (χ3n) is 3.84. The van der Waals surface area contributed by atoms with E-state index in [1.165, 1.54) is 37.4 Å². The topological polar surface area (TPSA) is 92.8 Å². The largest absolute Gasteiger partial charge is 0.462 e. The van der Waals surface area contributed by atoms with Crippen molar-refractivity contribution in [1.29, 1.82) is 0 Å². The molecule has 0 spiro atoms. The highest BCUT2D eigenvalue weighted by Crippen LogP contribution is 2.22. The minimum absolute atomic E-state index is 0.101. The molecule has 2 aromatic carbocycles. The summed E-state index contributed by atoms with van der Waals surface area (Å²) in [4.78, 5) is 24.3. The molecule has 0 bridgehead atoms. The highest BCUT2D eigenvalue weighted by Gasteiger charge is 2.23. The Morgan fingerprint density at radius 2 is 1.79 bits per heavy atom. The Labute approximate surface area is 169 Å². The van der Waals surface area contributed by atoms with Gasteiger partial charge < -0.3 is 10.1 Å².